The molecule has 3 heterocycles. The number of carbonyl (C=O) groups excluding carboxylic acids is 1. The predicted molar refractivity (Wildman–Crippen MR) is 143 cm³/mol. The van der Waals surface area contributed by atoms with Crippen LogP contribution >= 0.6 is 0 Å². The van der Waals surface area contributed by atoms with Crippen LogP contribution in [0.1, 0.15) is 45.1 Å². The first-order valence-electron chi connectivity index (χ1n) is 12.6. The van der Waals surface area contributed by atoms with Gasteiger partial charge in [-0.2, -0.15) is 0 Å². The Morgan fingerprint density at radius 2 is 1.89 bits per heavy atom. The number of halogens is 1. The Balaban J connectivity index is 1.35. The van der Waals surface area contributed by atoms with Crippen LogP contribution in [0.5, 0.6) is 11.6 Å². The first-order chi connectivity index (χ1) is 18.2. The number of piperidine rings is 1. The maximum Gasteiger partial charge on any atom is 0.410 e. The third-order valence-electron chi connectivity index (χ3n) is 6.23. The number of hydrogen-bond donors (Lipinski definition) is 1. The van der Waals surface area contributed by atoms with Crippen LogP contribution in [0.25, 0.3) is 10.9 Å². The Morgan fingerprint density at radius 1 is 1.08 bits per heavy atom. The van der Waals surface area contributed by atoms with Crippen LogP contribution in [0.4, 0.5) is 20.7 Å². The molecule has 2 aromatic carbocycles. The second-order valence-corrected chi connectivity index (χ2v) is 10.3. The highest BCUT2D eigenvalue weighted by Gasteiger charge is 2.28. The molecule has 1 fully saturated rings. The molecule has 2 aromatic heterocycles. The summed E-state index contributed by atoms with van der Waals surface area (Å²) < 4.78 is 25.9. The summed E-state index contributed by atoms with van der Waals surface area (Å²) in [5.74, 6) is 0.490. The number of ether oxygens (including phenoxy) is 2. The van der Waals surface area contributed by atoms with Crippen molar-refractivity contribution in [3.05, 3.63) is 78.5 Å². The van der Waals surface area contributed by atoms with Gasteiger partial charge in [0.15, 0.2) is 5.82 Å². The molecule has 0 spiro atoms. The molecule has 1 atom stereocenters. The average molecular weight is 516 g/mol. The molecular formula is C29H30FN5O3. The van der Waals surface area contributed by atoms with Crippen molar-refractivity contribution in [3.8, 4) is 11.6 Å². The van der Waals surface area contributed by atoms with E-state index in [0.29, 0.717) is 30.3 Å². The van der Waals surface area contributed by atoms with Crippen molar-refractivity contribution in [2.75, 3.05) is 18.4 Å². The quantitative estimate of drug-likeness (QED) is 0.312. The van der Waals surface area contributed by atoms with Crippen molar-refractivity contribution in [1.29, 1.82) is 0 Å². The zero-order valence-electron chi connectivity index (χ0n) is 21.6. The molecule has 0 bridgehead atoms. The van der Waals surface area contributed by atoms with Gasteiger partial charge in [0.05, 0.1) is 17.4 Å². The summed E-state index contributed by atoms with van der Waals surface area (Å²) in [6.07, 6.45) is 4.52. The van der Waals surface area contributed by atoms with E-state index in [4.69, 9.17) is 9.47 Å². The minimum absolute atomic E-state index is 0.108. The number of nitrogens with zero attached hydrogens (tertiary/aromatic N) is 4. The fourth-order valence-corrected chi connectivity index (χ4v) is 4.48. The number of aromatic nitrogens is 3. The highest BCUT2D eigenvalue weighted by molar-refractivity contribution is 5.91. The number of likely N-dealkylation sites (tertiary alicyclic amines) is 1. The Bertz CT molecular complexity index is 1440. The summed E-state index contributed by atoms with van der Waals surface area (Å²) >= 11 is 0. The Kier molecular flexibility index (Phi) is 7.09. The van der Waals surface area contributed by atoms with Crippen molar-refractivity contribution in [3.63, 3.8) is 0 Å². The van der Waals surface area contributed by atoms with Crippen LogP contribution < -0.4 is 10.1 Å². The Labute approximate surface area is 220 Å². The monoisotopic (exact) mass is 515 g/mol. The number of anilines is 2. The van der Waals surface area contributed by atoms with Gasteiger partial charge in [-0.25, -0.2) is 24.1 Å². The lowest BCUT2D eigenvalue weighted by molar-refractivity contribution is 0.0198. The maximum atomic E-state index is 14.8. The SMILES string of the molecule is CC(C)(C)OC(=O)N1CCC[C@@H](c2ccc3ncnc(Nc4cnc(Oc5ccccc5)c(F)c4)c3c2)C1. The number of rotatable bonds is 5. The van der Waals surface area contributed by atoms with Gasteiger partial charge in [0.25, 0.3) is 5.88 Å². The summed E-state index contributed by atoms with van der Waals surface area (Å²) in [6.45, 7) is 6.87. The molecule has 1 saturated heterocycles. The van der Waals surface area contributed by atoms with Gasteiger partial charge in [-0.15, -0.1) is 0 Å². The number of carbonyl (C=O) groups is 1. The lowest BCUT2D eigenvalue weighted by Crippen LogP contribution is -2.42. The van der Waals surface area contributed by atoms with Gasteiger partial charge >= 0.3 is 6.09 Å². The molecule has 0 saturated carbocycles. The van der Waals surface area contributed by atoms with E-state index < -0.39 is 11.4 Å². The van der Waals surface area contributed by atoms with Gasteiger partial charge in [0.2, 0.25) is 0 Å². The standard InChI is InChI=1S/C29H30FN5O3/c1-29(2,3)38-28(36)35-13-7-8-20(17-35)19-11-12-25-23(14-19)26(33-18-32-25)34-21-15-24(30)27(31-16-21)37-22-9-5-4-6-10-22/h4-6,9-12,14-16,18,20H,7-8,13,17H2,1-3H3,(H,32,33,34)/t20-/m1/s1. The third-order valence-corrected chi connectivity index (χ3v) is 6.23. The second-order valence-electron chi connectivity index (χ2n) is 10.3. The molecule has 0 unspecified atom stereocenters. The summed E-state index contributed by atoms with van der Waals surface area (Å²) in [5.41, 5.74) is 1.73. The minimum atomic E-state index is -0.595. The number of benzene rings is 2. The molecule has 196 valence electrons. The molecule has 9 heteroatoms. The zero-order valence-corrected chi connectivity index (χ0v) is 21.6. The van der Waals surface area contributed by atoms with Gasteiger partial charge in [-0.1, -0.05) is 24.3 Å². The lowest BCUT2D eigenvalue weighted by Gasteiger charge is -2.34. The molecule has 0 aliphatic carbocycles. The van der Waals surface area contributed by atoms with Crippen LogP contribution in [0.3, 0.4) is 0 Å². The number of hydrogen-bond acceptors (Lipinski definition) is 7. The van der Waals surface area contributed by atoms with Crippen molar-refractivity contribution in [1.82, 2.24) is 19.9 Å². The first kappa shape index (κ1) is 25.4. The molecule has 1 amide bonds. The van der Waals surface area contributed by atoms with Crippen molar-refractivity contribution < 1.29 is 18.7 Å². The van der Waals surface area contributed by atoms with E-state index in [1.807, 2.05) is 45.0 Å². The van der Waals surface area contributed by atoms with E-state index in [0.717, 1.165) is 29.3 Å². The predicted octanol–water partition coefficient (Wildman–Crippen LogP) is 6.81. The molecule has 8 nitrogen and oxygen atoms in total. The highest BCUT2D eigenvalue weighted by atomic mass is 19.1. The van der Waals surface area contributed by atoms with Crippen LogP contribution in [-0.4, -0.2) is 44.6 Å². The molecule has 4 aromatic rings. The number of nitrogens with one attached hydrogen (secondary N) is 1. The molecule has 1 aliphatic rings. The molecular weight excluding hydrogens is 485 g/mol. The average Bonchev–Trinajstić information content (AvgIpc) is 2.90. The Hall–Kier alpha value is -4.27. The minimum Gasteiger partial charge on any atom is -0.444 e. The molecule has 5 rings (SSSR count). The van der Waals surface area contributed by atoms with E-state index in [2.05, 4.69) is 20.3 Å². The summed E-state index contributed by atoms with van der Waals surface area (Å²) in [5, 5.41) is 3.96. The second kappa shape index (κ2) is 10.6. The number of para-hydroxylation sites is 1. The highest BCUT2D eigenvalue weighted by Crippen LogP contribution is 2.32. The largest absolute Gasteiger partial charge is 0.444 e. The van der Waals surface area contributed by atoms with Crippen molar-refractivity contribution in [2.24, 2.45) is 0 Å². The smallest absolute Gasteiger partial charge is 0.410 e. The van der Waals surface area contributed by atoms with E-state index in [1.54, 1.807) is 29.2 Å². The molecule has 0 radical (unpaired) electrons. The van der Waals surface area contributed by atoms with Gasteiger partial charge < -0.3 is 19.7 Å². The van der Waals surface area contributed by atoms with Crippen LogP contribution in [0.2, 0.25) is 0 Å². The van der Waals surface area contributed by atoms with Crippen LogP contribution in [0.15, 0.2) is 67.1 Å². The lowest BCUT2D eigenvalue weighted by atomic mass is 9.90. The topological polar surface area (TPSA) is 89.5 Å². The summed E-state index contributed by atoms with van der Waals surface area (Å²) in [4.78, 5) is 27.3. The molecule has 1 aliphatic heterocycles. The molecule has 38 heavy (non-hydrogen) atoms. The van der Waals surface area contributed by atoms with E-state index in [-0.39, 0.29) is 17.9 Å². The number of amides is 1. The van der Waals surface area contributed by atoms with Gasteiger partial charge in [-0.05, 0) is 63.4 Å². The summed E-state index contributed by atoms with van der Waals surface area (Å²) in [6, 6.07) is 16.3. The number of pyridine rings is 1. The van der Waals surface area contributed by atoms with Gasteiger partial charge in [0, 0.05) is 30.5 Å². The summed E-state index contributed by atoms with van der Waals surface area (Å²) in [7, 11) is 0. The fraction of sp³-hybridized carbons (Fsp3) is 0.310. The van der Waals surface area contributed by atoms with E-state index in [1.165, 1.54) is 18.6 Å². The van der Waals surface area contributed by atoms with Gasteiger partial charge in [0.1, 0.15) is 23.5 Å². The normalized spacial score (nSPS) is 15.8. The third kappa shape index (κ3) is 5.99. The Morgan fingerprint density at radius 3 is 2.66 bits per heavy atom. The van der Waals surface area contributed by atoms with Gasteiger partial charge in [-0.3, -0.25) is 0 Å². The van der Waals surface area contributed by atoms with Crippen LogP contribution in [0, 0.1) is 5.82 Å². The number of fused-ring (bicyclic) bond motifs is 1. The van der Waals surface area contributed by atoms with E-state index in [9.17, 15) is 9.18 Å². The van der Waals surface area contributed by atoms with Crippen molar-refractivity contribution >= 4 is 28.5 Å². The first-order valence-corrected chi connectivity index (χ1v) is 12.6. The van der Waals surface area contributed by atoms with Crippen LogP contribution in [-0.2, 0) is 4.74 Å². The van der Waals surface area contributed by atoms with E-state index >= 15 is 0 Å². The fourth-order valence-electron chi connectivity index (χ4n) is 4.48. The van der Waals surface area contributed by atoms with Crippen molar-refractivity contribution in [2.45, 2.75) is 45.1 Å². The molecule has 1 N–H and O–H groups in total. The zero-order chi connectivity index (χ0) is 26.7. The maximum absolute atomic E-state index is 14.8.